The number of hydrogen-bond acceptors (Lipinski definition) is 7. The SMILES string of the molecule is CCOc1ccc(C=CC(=O)Oc2ccc(C=C(C#N)C(=O)NC(C)C)cc2OC)cc1OCC. The van der Waals surface area contributed by atoms with E-state index in [-0.39, 0.29) is 23.1 Å². The number of rotatable bonds is 11. The van der Waals surface area contributed by atoms with Gasteiger partial charge >= 0.3 is 5.97 Å². The van der Waals surface area contributed by atoms with Gasteiger partial charge < -0.3 is 24.3 Å². The fourth-order valence-corrected chi connectivity index (χ4v) is 2.99. The molecule has 1 amide bonds. The van der Waals surface area contributed by atoms with Crippen molar-refractivity contribution < 1.29 is 28.5 Å². The van der Waals surface area contributed by atoms with Gasteiger partial charge in [-0.2, -0.15) is 5.26 Å². The van der Waals surface area contributed by atoms with Crippen LogP contribution in [0, 0.1) is 11.3 Å². The second-order valence-corrected chi connectivity index (χ2v) is 7.53. The normalized spacial score (nSPS) is 11.2. The van der Waals surface area contributed by atoms with Crippen LogP contribution in [-0.2, 0) is 9.59 Å². The predicted octanol–water partition coefficient (Wildman–Crippen LogP) is 4.54. The van der Waals surface area contributed by atoms with E-state index in [0.29, 0.717) is 30.3 Å². The van der Waals surface area contributed by atoms with E-state index < -0.39 is 11.9 Å². The van der Waals surface area contributed by atoms with Crippen LogP contribution < -0.4 is 24.3 Å². The molecule has 0 atom stereocenters. The number of carbonyl (C=O) groups is 2. The lowest BCUT2D eigenvalue weighted by Crippen LogP contribution is -2.30. The zero-order chi connectivity index (χ0) is 25.8. The van der Waals surface area contributed by atoms with Crippen LogP contribution in [0.1, 0.15) is 38.8 Å². The van der Waals surface area contributed by atoms with E-state index in [9.17, 15) is 14.9 Å². The monoisotopic (exact) mass is 478 g/mol. The largest absolute Gasteiger partial charge is 0.493 e. The van der Waals surface area contributed by atoms with Crippen LogP contribution in [0.5, 0.6) is 23.0 Å². The Morgan fingerprint density at radius 3 is 2.23 bits per heavy atom. The van der Waals surface area contributed by atoms with Crippen molar-refractivity contribution in [3.63, 3.8) is 0 Å². The molecule has 0 spiro atoms. The maximum atomic E-state index is 12.4. The lowest BCUT2D eigenvalue weighted by molar-refractivity contribution is -0.129. The summed E-state index contributed by atoms with van der Waals surface area (Å²) in [6.07, 6.45) is 4.34. The van der Waals surface area contributed by atoms with Gasteiger partial charge in [-0.3, -0.25) is 4.79 Å². The van der Waals surface area contributed by atoms with Gasteiger partial charge in [-0.1, -0.05) is 12.1 Å². The van der Waals surface area contributed by atoms with E-state index in [1.807, 2.05) is 19.9 Å². The van der Waals surface area contributed by atoms with Crippen LogP contribution in [0.4, 0.5) is 0 Å². The lowest BCUT2D eigenvalue weighted by atomic mass is 10.1. The molecule has 8 nitrogen and oxygen atoms in total. The van der Waals surface area contributed by atoms with Crippen LogP contribution in [0.2, 0.25) is 0 Å². The van der Waals surface area contributed by atoms with Crippen LogP contribution >= 0.6 is 0 Å². The molecule has 2 aromatic carbocycles. The topological polar surface area (TPSA) is 107 Å². The highest BCUT2D eigenvalue weighted by Crippen LogP contribution is 2.30. The molecule has 1 N–H and O–H groups in total. The fraction of sp³-hybridized carbons (Fsp3) is 0.296. The number of ether oxygens (including phenoxy) is 4. The van der Waals surface area contributed by atoms with E-state index in [1.54, 1.807) is 50.3 Å². The molecule has 0 aliphatic rings. The summed E-state index contributed by atoms with van der Waals surface area (Å²) >= 11 is 0. The highest BCUT2D eigenvalue weighted by molar-refractivity contribution is 6.01. The maximum Gasteiger partial charge on any atom is 0.336 e. The van der Waals surface area contributed by atoms with Crippen molar-refractivity contribution >= 4 is 24.0 Å². The van der Waals surface area contributed by atoms with Crippen LogP contribution in [-0.4, -0.2) is 38.2 Å². The molecule has 184 valence electrons. The van der Waals surface area contributed by atoms with Crippen LogP contribution in [0.15, 0.2) is 48.0 Å². The van der Waals surface area contributed by atoms with Crippen LogP contribution in [0.3, 0.4) is 0 Å². The molecule has 2 rings (SSSR count). The van der Waals surface area contributed by atoms with Crippen molar-refractivity contribution in [2.75, 3.05) is 20.3 Å². The van der Waals surface area contributed by atoms with E-state index in [1.165, 1.54) is 25.3 Å². The van der Waals surface area contributed by atoms with E-state index in [2.05, 4.69) is 5.32 Å². The molecule has 0 radical (unpaired) electrons. The van der Waals surface area contributed by atoms with Gasteiger partial charge in [0.2, 0.25) is 0 Å². The average Bonchev–Trinajstić information content (AvgIpc) is 2.83. The highest BCUT2D eigenvalue weighted by Gasteiger charge is 2.13. The number of esters is 1. The Morgan fingerprint density at radius 1 is 0.971 bits per heavy atom. The number of nitrogens with one attached hydrogen (secondary N) is 1. The summed E-state index contributed by atoms with van der Waals surface area (Å²) in [7, 11) is 1.43. The number of methoxy groups -OCH3 is 1. The number of amides is 1. The van der Waals surface area contributed by atoms with Crippen molar-refractivity contribution in [3.8, 4) is 29.1 Å². The minimum atomic E-state index is -0.604. The lowest BCUT2D eigenvalue weighted by Gasteiger charge is -2.11. The van der Waals surface area contributed by atoms with Gasteiger partial charge in [0, 0.05) is 12.1 Å². The molecular weight excluding hydrogens is 448 g/mol. The first kappa shape index (κ1) is 27.0. The van der Waals surface area contributed by atoms with Gasteiger partial charge in [-0.15, -0.1) is 0 Å². The number of benzene rings is 2. The zero-order valence-electron chi connectivity index (χ0n) is 20.6. The standard InChI is InChI=1S/C27H30N2O6/c1-6-33-22-11-8-19(15-25(22)34-7-2)10-13-26(30)35-23-12-9-20(16-24(23)32-5)14-21(17-28)27(31)29-18(3)4/h8-16,18H,6-7H2,1-5H3,(H,29,31). The van der Waals surface area contributed by atoms with Crippen LogP contribution in [0.25, 0.3) is 12.2 Å². The summed E-state index contributed by atoms with van der Waals surface area (Å²) in [5.41, 5.74) is 1.24. The van der Waals surface area contributed by atoms with Gasteiger partial charge in [0.15, 0.2) is 23.0 Å². The van der Waals surface area contributed by atoms with Crippen molar-refractivity contribution in [2.45, 2.75) is 33.7 Å². The van der Waals surface area contributed by atoms with Gasteiger partial charge in [-0.25, -0.2) is 4.79 Å². The Bertz CT molecular complexity index is 1140. The Hall–Kier alpha value is -4.25. The van der Waals surface area contributed by atoms with E-state index in [4.69, 9.17) is 18.9 Å². The molecule has 0 unspecified atom stereocenters. The number of carbonyl (C=O) groups excluding carboxylic acids is 2. The third-order valence-electron chi connectivity index (χ3n) is 4.47. The Kier molecular flexibility index (Phi) is 10.4. The Balaban J connectivity index is 2.17. The summed E-state index contributed by atoms with van der Waals surface area (Å²) in [6.45, 7) is 8.39. The van der Waals surface area contributed by atoms with Crippen molar-refractivity contribution in [2.24, 2.45) is 0 Å². The Labute approximate surface area is 205 Å². The first-order chi connectivity index (χ1) is 16.8. The van der Waals surface area contributed by atoms with Crippen molar-refractivity contribution in [1.82, 2.24) is 5.32 Å². The fourth-order valence-electron chi connectivity index (χ4n) is 2.99. The summed E-state index contributed by atoms with van der Waals surface area (Å²) in [5.74, 6) is 0.632. The first-order valence-corrected chi connectivity index (χ1v) is 11.2. The third kappa shape index (κ3) is 8.23. The average molecular weight is 479 g/mol. The first-order valence-electron chi connectivity index (χ1n) is 11.2. The van der Waals surface area contributed by atoms with Gasteiger partial charge in [0.05, 0.1) is 20.3 Å². The summed E-state index contributed by atoms with van der Waals surface area (Å²) in [4.78, 5) is 24.5. The molecular formula is C27H30N2O6. The predicted molar refractivity (Wildman–Crippen MR) is 133 cm³/mol. The number of hydrogen-bond donors (Lipinski definition) is 1. The van der Waals surface area contributed by atoms with E-state index in [0.717, 1.165) is 5.56 Å². The number of nitrogens with zero attached hydrogens (tertiary/aromatic N) is 1. The van der Waals surface area contributed by atoms with E-state index >= 15 is 0 Å². The minimum absolute atomic E-state index is 0.0461. The molecule has 0 fully saturated rings. The summed E-state index contributed by atoms with van der Waals surface area (Å²) in [5, 5.41) is 12.0. The second kappa shape index (κ2) is 13.5. The van der Waals surface area contributed by atoms with Crippen molar-refractivity contribution in [1.29, 1.82) is 5.26 Å². The quantitative estimate of drug-likeness (QED) is 0.219. The summed E-state index contributed by atoms with van der Waals surface area (Å²) < 4.78 is 21.9. The molecule has 0 heterocycles. The maximum absolute atomic E-state index is 12.4. The molecule has 0 bridgehead atoms. The molecule has 35 heavy (non-hydrogen) atoms. The smallest absolute Gasteiger partial charge is 0.336 e. The molecule has 0 aliphatic heterocycles. The zero-order valence-corrected chi connectivity index (χ0v) is 20.6. The summed E-state index contributed by atoms with van der Waals surface area (Å²) in [6, 6.07) is 11.9. The van der Waals surface area contributed by atoms with Gasteiger partial charge in [0.1, 0.15) is 11.6 Å². The van der Waals surface area contributed by atoms with Crippen molar-refractivity contribution in [3.05, 3.63) is 59.2 Å². The minimum Gasteiger partial charge on any atom is -0.493 e. The number of nitriles is 1. The van der Waals surface area contributed by atoms with Gasteiger partial charge in [-0.05, 0) is 75.2 Å². The third-order valence-corrected chi connectivity index (χ3v) is 4.47. The molecule has 2 aromatic rings. The molecule has 0 saturated heterocycles. The molecule has 0 saturated carbocycles. The van der Waals surface area contributed by atoms with Gasteiger partial charge in [0.25, 0.3) is 5.91 Å². The Morgan fingerprint density at radius 2 is 1.60 bits per heavy atom. The molecule has 0 aromatic heterocycles. The highest BCUT2D eigenvalue weighted by atomic mass is 16.6. The molecule has 0 aliphatic carbocycles. The molecule has 8 heteroatoms. The second-order valence-electron chi connectivity index (χ2n) is 7.53.